The normalized spacial score (nSPS) is 11.7. The largest absolute Gasteiger partial charge is 0.457 e. The van der Waals surface area contributed by atoms with E-state index < -0.39 is 0 Å². The molecule has 11 nitrogen and oxygen atoms in total. The lowest BCUT2D eigenvalue weighted by Crippen LogP contribution is -1.91. The number of para-hydroxylation sites is 3. The molecule has 11 aromatic rings. The number of hydrogen-bond donors (Lipinski definition) is 2. The van der Waals surface area contributed by atoms with E-state index in [4.69, 9.17) is 44.1 Å². The summed E-state index contributed by atoms with van der Waals surface area (Å²) in [5.41, 5.74) is 12.1. The highest BCUT2D eigenvalue weighted by Crippen LogP contribution is 2.42. The summed E-state index contributed by atoms with van der Waals surface area (Å²) in [7, 11) is 0. The zero-order valence-electron chi connectivity index (χ0n) is 39.8. The molecule has 0 spiro atoms. The minimum absolute atomic E-state index is 0.461. The molecule has 0 fully saturated rings. The number of aryl methyl sites for hydroxylation is 4. The van der Waals surface area contributed by atoms with Crippen LogP contribution in [0.25, 0.3) is 89.7 Å². The molecule has 5 heterocycles. The lowest BCUT2D eigenvalue weighted by atomic mass is 9.99. The zero-order chi connectivity index (χ0) is 48.5. The summed E-state index contributed by atoms with van der Waals surface area (Å²) < 4.78 is 19.5. The van der Waals surface area contributed by atoms with Gasteiger partial charge in [0.1, 0.15) is 57.1 Å². The molecule has 0 aliphatic carbocycles. The first-order valence-corrected chi connectivity index (χ1v) is 23.9. The van der Waals surface area contributed by atoms with Crippen LogP contribution in [-0.2, 0) is 6.42 Å². The number of nitrogens with zero attached hydrogens (tertiary/aromatic N) is 6. The van der Waals surface area contributed by atoms with Gasteiger partial charge in [-0.1, -0.05) is 91.0 Å². The number of fused-ring (bicyclic) bond motifs is 20. The fraction of sp³-hybridized carbons (Fsp3) is 0.0820. The van der Waals surface area contributed by atoms with Gasteiger partial charge in [0.2, 0.25) is 0 Å². The Morgan fingerprint density at radius 1 is 0.333 bits per heavy atom. The predicted octanol–water partition coefficient (Wildman–Crippen LogP) is 15.1. The third-order valence-corrected chi connectivity index (χ3v) is 13.4. The van der Waals surface area contributed by atoms with Gasteiger partial charge in [0.25, 0.3) is 0 Å². The van der Waals surface area contributed by atoms with E-state index in [1.165, 1.54) is 11.1 Å². The fourth-order valence-corrected chi connectivity index (χ4v) is 9.50. The smallest absolute Gasteiger partial charge is 0.164 e. The van der Waals surface area contributed by atoms with Crippen molar-refractivity contribution < 1.29 is 14.2 Å². The van der Waals surface area contributed by atoms with Crippen LogP contribution in [-0.4, -0.2) is 39.9 Å². The van der Waals surface area contributed by atoms with E-state index >= 15 is 0 Å². The molecule has 8 bridgehead atoms. The molecule has 2 N–H and O–H groups in total. The monoisotopic (exact) mass is 936 g/mol. The lowest BCUT2D eigenvalue weighted by Gasteiger charge is -2.09. The van der Waals surface area contributed by atoms with Crippen molar-refractivity contribution in [3.05, 3.63) is 203 Å². The molecule has 346 valence electrons. The Balaban J connectivity index is 1.08. The van der Waals surface area contributed by atoms with E-state index in [9.17, 15) is 0 Å². The quantitative estimate of drug-likeness (QED) is 0.153. The molecule has 0 saturated heterocycles. The Morgan fingerprint density at radius 2 is 0.722 bits per heavy atom. The number of nitrogens with one attached hydrogen (secondary N) is 2. The van der Waals surface area contributed by atoms with E-state index in [-0.39, 0.29) is 0 Å². The van der Waals surface area contributed by atoms with Crippen LogP contribution in [0.2, 0.25) is 0 Å². The summed E-state index contributed by atoms with van der Waals surface area (Å²) in [5.74, 6) is 6.11. The first-order valence-electron chi connectivity index (χ1n) is 23.9. The average molecular weight is 937 g/mol. The summed E-state index contributed by atoms with van der Waals surface area (Å²) in [6.07, 6.45) is 0.749. The van der Waals surface area contributed by atoms with Gasteiger partial charge in [0.15, 0.2) is 23.3 Å². The standard InChI is InChI=1S/C61H44N8O3/c1-34-13-5-9-17-39(34)29-38-21-25-43-47(30-38)58-62-54(43)64-59-49-32-41(71-52-19-11-7-15-36(52)3)23-27-45(49)56(66-59)68-61-50-33-42(72-53-20-12-8-16-37(53)4)24-28-46(50)57(69-61)67-60-48-31-40(22-26-44(48)55(63-58)65-60)70-51-18-10-6-14-35(51)2/h5-28,30-33H,29H2,1-4H3,(H2,62,63,64,65,66,67,68,69). The summed E-state index contributed by atoms with van der Waals surface area (Å²) in [4.78, 5) is 39.0. The Kier molecular flexibility index (Phi) is 10.2. The summed E-state index contributed by atoms with van der Waals surface area (Å²) in [5, 5.41) is 3.37. The van der Waals surface area contributed by atoms with Crippen LogP contribution in [0.3, 0.4) is 0 Å². The van der Waals surface area contributed by atoms with Crippen molar-refractivity contribution in [2.24, 2.45) is 0 Å². The molecular formula is C61H44N8O3. The molecule has 13 rings (SSSR count). The van der Waals surface area contributed by atoms with Crippen molar-refractivity contribution >= 4 is 44.1 Å². The molecule has 11 heteroatoms. The van der Waals surface area contributed by atoms with Crippen molar-refractivity contribution in [3.63, 3.8) is 0 Å². The van der Waals surface area contributed by atoms with Gasteiger partial charge in [0, 0.05) is 43.8 Å². The molecule has 0 saturated carbocycles. The minimum Gasteiger partial charge on any atom is -0.457 e. The third kappa shape index (κ3) is 7.73. The van der Waals surface area contributed by atoms with Gasteiger partial charge in [0.05, 0.1) is 0 Å². The van der Waals surface area contributed by atoms with Crippen molar-refractivity contribution in [1.82, 2.24) is 39.9 Å². The van der Waals surface area contributed by atoms with Crippen molar-refractivity contribution in [1.29, 1.82) is 0 Å². The van der Waals surface area contributed by atoms with Gasteiger partial charge >= 0.3 is 0 Å². The van der Waals surface area contributed by atoms with Crippen LogP contribution < -0.4 is 14.2 Å². The minimum atomic E-state index is 0.461. The van der Waals surface area contributed by atoms with E-state index in [0.29, 0.717) is 63.1 Å². The van der Waals surface area contributed by atoms with E-state index in [1.807, 2.05) is 148 Å². The Labute approximate surface area is 413 Å². The molecule has 0 unspecified atom stereocenters. The van der Waals surface area contributed by atoms with Gasteiger partial charge in [-0.15, -0.1) is 0 Å². The van der Waals surface area contributed by atoms with Gasteiger partial charge < -0.3 is 24.2 Å². The van der Waals surface area contributed by atoms with Crippen LogP contribution in [0.15, 0.2) is 170 Å². The van der Waals surface area contributed by atoms with E-state index in [1.54, 1.807) is 0 Å². The average Bonchev–Trinajstić information content (AvgIpc) is 4.12. The number of H-pyrrole nitrogens is 2. The highest BCUT2D eigenvalue weighted by atomic mass is 16.5. The number of ether oxygens (including phenoxy) is 3. The second-order valence-corrected chi connectivity index (χ2v) is 18.3. The van der Waals surface area contributed by atoms with Crippen molar-refractivity contribution in [2.45, 2.75) is 34.1 Å². The molecule has 8 aromatic carbocycles. The number of aromatic amines is 2. The summed E-state index contributed by atoms with van der Waals surface area (Å²) >= 11 is 0. The van der Waals surface area contributed by atoms with Crippen LogP contribution in [0, 0.1) is 27.7 Å². The maximum Gasteiger partial charge on any atom is 0.164 e. The van der Waals surface area contributed by atoms with Crippen molar-refractivity contribution in [3.8, 4) is 80.0 Å². The number of benzene rings is 8. The maximum atomic E-state index is 6.50. The Bertz CT molecular complexity index is 3930. The van der Waals surface area contributed by atoms with Gasteiger partial charge in [-0.3, -0.25) is 0 Å². The van der Waals surface area contributed by atoms with Crippen LogP contribution in [0.5, 0.6) is 34.5 Å². The lowest BCUT2D eigenvalue weighted by molar-refractivity contribution is 0.479. The Morgan fingerprint density at radius 3 is 1.21 bits per heavy atom. The topological polar surface area (TPSA) is 137 Å². The van der Waals surface area contributed by atoms with Gasteiger partial charge in [-0.25, -0.2) is 29.9 Å². The highest BCUT2D eigenvalue weighted by molar-refractivity contribution is 6.07. The summed E-state index contributed by atoms with van der Waals surface area (Å²) in [6.45, 7) is 8.24. The molecule has 2 aliphatic rings. The molecule has 0 atom stereocenters. The number of aromatic nitrogens is 8. The maximum absolute atomic E-state index is 6.50. The van der Waals surface area contributed by atoms with Crippen LogP contribution in [0.1, 0.15) is 33.4 Å². The third-order valence-electron chi connectivity index (χ3n) is 13.4. The Hall–Kier alpha value is -9.48. The molecule has 0 radical (unpaired) electrons. The van der Waals surface area contributed by atoms with Crippen LogP contribution in [0.4, 0.5) is 0 Å². The SMILES string of the molecule is Cc1ccccc1Cc1ccc2c3nc4nc(nc5[nH]c(nc6nc(nc([nH]3)c2c1)-c1ccc(Oc2ccccc2C)cc1-6)c1ccc(Oc2ccccc2C)cc51)-c1ccc(Oc2ccccc2C)cc1-4. The molecular weight excluding hydrogens is 893 g/mol. The number of hydrogen-bond acceptors (Lipinski definition) is 9. The first kappa shape index (κ1) is 42.6. The fourth-order valence-electron chi connectivity index (χ4n) is 9.50. The molecule has 3 aromatic heterocycles. The van der Waals surface area contributed by atoms with Gasteiger partial charge in [-0.05, 0) is 146 Å². The molecule has 72 heavy (non-hydrogen) atoms. The first-order chi connectivity index (χ1) is 35.2. The zero-order valence-corrected chi connectivity index (χ0v) is 39.8. The number of rotatable bonds is 8. The van der Waals surface area contributed by atoms with E-state index in [0.717, 1.165) is 89.7 Å². The predicted molar refractivity (Wildman–Crippen MR) is 284 cm³/mol. The second kappa shape index (κ2) is 17.2. The van der Waals surface area contributed by atoms with E-state index in [2.05, 4.69) is 59.4 Å². The molecule has 2 aliphatic heterocycles. The second-order valence-electron chi connectivity index (χ2n) is 18.3. The highest BCUT2D eigenvalue weighted by Gasteiger charge is 2.24. The molecule has 0 amide bonds. The van der Waals surface area contributed by atoms with Gasteiger partial charge in [-0.2, -0.15) is 0 Å². The van der Waals surface area contributed by atoms with Crippen molar-refractivity contribution in [2.75, 3.05) is 0 Å². The summed E-state index contributed by atoms with van der Waals surface area (Å²) in [6, 6.07) is 56.6. The van der Waals surface area contributed by atoms with Crippen LogP contribution >= 0.6 is 0 Å².